The minimum absolute atomic E-state index is 0.240. The van der Waals surface area contributed by atoms with Crippen molar-refractivity contribution >= 4 is 0 Å². The fourth-order valence-electron chi connectivity index (χ4n) is 5.93. The van der Waals surface area contributed by atoms with Crippen molar-refractivity contribution in [3.05, 3.63) is 89.0 Å². The van der Waals surface area contributed by atoms with Gasteiger partial charge < -0.3 is 4.52 Å². The van der Waals surface area contributed by atoms with Crippen LogP contribution in [0.5, 0.6) is 0 Å². The van der Waals surface area contributed by atoms with Gasteiger partial charge in [-0.1, -0.05) is 42.4 Å². The molecule has 0 spiro atoms. The zero-order valence-electron chi connectivity index (χ0n) is 17.6. The second-order valence-corrected chi connectivity index (χ2v) is 8.74. The largest absolute Gasteiger partial charge is 0.361 e. The molecule has 3 aromatic heterocycles. The first-order valence-electron chi connectivity index (χ1n) is 10.8. The molecule has 6 heteroatoms. The van der Waals surface area contributed by atoms with Gasteiger partial charge in [0.15, 0.2) is 0 Å². The Morgan fingerprint density at radius 1 is 1.03 bits per heavy atom. The Morgan fingerprint density at radius 2 is 1.90 bits per heavy atom. The molecular formula is C25H23N5O. The van der Waals surface area contributed by atoms with Crippen LogP contribution in [0.4, 0.5) is 0 Å². The average Bonchev–Trinajstić information content (AvgIpc) is 3.28. The van der Waals surface area contributed by atoms with Gasteiger partial charge in [0.2, 0.25) is 0 Å². The molecule has 3 atom stereocenters. The summed E-state index contributed by atoms with van der Waals surface area (Å²) in [5.41, 5.74) is 6.59. The molecule has 2 aliphatic rings. The molecule has 1 aromatic carbocycles. The highest BCUT2D eigenvalue weighted by molar-refractivity contribution is 5.65. The number of rotatable bonds is 2. The maximum atomic E-state index is 5.70. The zero-order chi connectivity index (χ0) is 21.0. The number of aryl methyl sites for hydroxylation is 1. The monoisotopic (exact) mass is 409 g/mol. The topological polar surface area (TPSA) is 77.6 Å². The smallest absolute Gasteiger partial charge is 0.143 e. The fraction of sp³-hybridized carbons (Fsp3) is 0.320. The van der Waals surface area contributed by atoms with Crippen LogP contribution < -0.4 is 0 Å². The standard InChI is InChI=1S/C25H23N5O/c1-15-21-9-8-20-22(17-10-11-26-27-13-17)29-16(2)30-24(20)25(21,19-6-4-3-5-7-19)12-18-14-28-31-23(15)18/h3-7,10-11,13-15,21H,8-9,12H2,1-2H3/t15-,21-,25+/m0/s1. The lowest BCUT2D eigenvalue weighted by Crippen LogP contribution is -2.48. The summed E-state index contributed by atoms with van der Waals surface area (Å²) in [6, 6.07) is 12.8. The molecule has 0 N–H and O–H groups in total. The van der Waals surface area contributed by atoms with E-state index in [4.69, 9.17) is 14.5 Å². The van der Waals surface area contributed by atoms with E-state index in [1.165, 1.54) is 16.7 Å². The van der Waals surface area contributed by atoms with Gasteiger partial charge in [-0.15, -0.1) is 0 Å². The number of aromatic nitrogens is 5. The molecule has 0 radical (unpaired) electrons. The molecule has 3 heterocycles. The second-order valence-electron chi connectivity index (χ2n) is 8.74. The molecule has 0 aliphatic heterocycles. The van der Waals surface area contributed by atoms with Crippen LogP contribution in [0.15, 0.2) is 59.5 Å². The van der Waals surface area contributed by atoms with Gasteiger partial charge in [-0.2, -0.15) is 10.2 Å². The highest BCUT2D eigenvalue weighted by atomic mass is 16.5. The summed E-state index contributed by atoms with van der Waals surface area (Å²) < 4.78 is 5.70. The van der Waals surface area contributed by atoms with Crippen molar-refractivity contribution in [1.82, 2.24) is 25.3 Å². The summed E-state index contributed by atoms with van der Waals surface area (Å²) >= 11 is 0. The summed E-state index contributed by atoms with van der Waals surface area (Å²) in [4.78, 5) is 9.99. The molecule has 6 nitrogen and oxygen atoms in total. The molecule has 6 rings (SSSR count). The Hall–Kier alpha value is -3.41. The van der Waals surface area contributed by atoms with Crippen LogP contribution in [0, 0.1) is 12.8 Å². The normalized spacial score (nSPS) is 24.2. The summed E-state index contributed by atoms with van der Waals surface area (Å²) in [6.45, 7) is 4.26. The summed E-state index contributed by atoms with van der Waals surface area (Å²) in [5.74, 6) is 2.45. The van der Waals surface area contributed by atoms with Crippen molar-refractivity contribution in [2.45, 2.75) is 44.4 Å². The quantitative estimate of drug-likeness (QED) is 0.487. The van der Waals surface area contributed by atoms with E-state index in [1.807, 2.05) is 19.2 Å². The second kappa shape index (κ2) is 6.80. The SMILES string of the molecule is Cc1nc(-c2ccnnc2)c2c(n1)[C@@]1(c3ccccc3)Cc3cnoc3[C@@H](C)[C@@H]1CC2. The van der Waals surface area contributed by atoms with Crippen LogP contribution in [0.3, 0.4) is 0 Å². The predicted molar refractivity (Wildman–Crippen MR) is 115 cm³/mol. The molecule has 0 saturated carbocycles. The van der Waals surface area contributed by atoms with Crippen molar-refractivity contribution in [1.29, 1.82) is 0 Å². The minimum Gasteiger partial charge on any atom is -0.361 e. The van der Waals surface area contributed by atoms with E-state index < -0.39 is 0 Å². The molecule has 0 saturated heterocycles. The third kappa shape index (κ3) is 2.60. The van der Waals surface area contributed by atoms with E-state index in [2.05, 4.69) is 52.6 Å². The van der Waals surface area contributed by atoms with Gasteiger partial charge in [-0.05, 0) is 43.7 Å². The molecule has 154 valence electrons. The van der Waals surface area contributed by atoms with E-state index in [9.17, 15) is 0 Å². The van der Waals surface area contributed by atoms with E-state index in [0.29, 0.717) is 5.92 Å². The maximum Gasteiger partial charge on any atom is 0.143 e. The van der Waals surface area contributed by atoms with Crippen LogP contribution >= 0.6 is 0 Å². The third-order valence-electron chi connectivity index (χ3n) is 7.19. The van der Waals surface area contributed by atoms with Gasteiger partial charge in [-0.3, -0.25) is 0 Å². The first kappa shape index (κ1) is 18.4. The Morgan fingerprint density at radius 3 is 2.71 bits per heavy atom. The van der Waals surface area contributed by atoms with E-state index in [-0.39, 0.29) is 11.3 Å². The predicted octanol–water partition coefficient (Wildman–Crippen LogP) is 4.44. The lowest BCUT2D eigenvalue weighted by atomic mass is 9.53. The van der Waals surface area contributed by atoms with Crippen molar-refractivity contribution in [3.63, 3.8) is 0 Å². The summed E-state index contributed by atoms with van der Waals surface area (Å²) in [7, 11) is 0. The summed E-state index contributed by atoms with van der Waals surface area (Å²) in [5, 5.41) is 12.2. The number of hydrogen-bond acceptors (Lipinski definition) is 6. The van der Waals surface area contributed by atoms with Gasteiger partial charge in [0.25, 0.3) is 0 Å². The van der Waals surface area contributed by atoms with Gasteiger partial charge in [0.1, 0.15) is 11.6 Å². The molecular weight excluding hydrogens is 386 g/mol. The van der Waals surface area contributed by atoms with E-state index in [0.717, 1.165) is 47.8 Å². The molecule has 4 aromatic rings. The van der Waals surface area contributed by atoms with Crippen LogP contribution in [0.25, 0.3) is 11.3 Å². The van der Waals surface area contributed by atoms with E-state index >= 15 is 0 Å². The van der Waals surface area contributed by atoms with Crippen LogP contribution in [0.1, 0.15) is 53.2 Å². The molecule has 0 amide bonds. The number of fused-ring (bicyclic) bond motifs is 4. The lowest BCUT2D eigenvalue weighted by molar-refractivity contribution is 0.188. The number of nitrogens with zero attached hydrogens (tertiary/aromatic N) is 5. The molecule has 0 fully saturated rings. The first-order chi connectivity index (χ1) is 15.2. The molecule has 2 aliphatic carbocycles. The highest BCUT2D eigenvalue weighted by Gasteiger charge is 2.54. The third-order valence-corrected chi connectivity index (χ3v) is 7.19. The first-order valence-corrected chi connectivity index (χ1v) is 10.8. The molecule has 0 bridgehead atoms. The van der Waals surface area contributed by atoms with Crippen molar-refractivity contribution in [3.8, 4) is 11.3 Å². The van der Waals surface area contributed by atoms with Crippen LogP contribution in [-0.4, -0.2) is 25.3 Å². The van der Waals surface area contributed by atoms with Crippen molar-refractivity contribution in [2.75, 3.05) is 0 Å². The van der Waals surface area contributed by atoms with Gasteiger partial charge in [0.05, 0.1) is 30.0 Å². The minimum atomic E-state index is -0.240. The Kier molecular flexibility index (Phi) is 4.03. The number of hydrogen-bond donors (Lipinski definition) is 0. The zero-order valence-corrected chi connectivity index (χ0v) is 17.6. The van der Waals surface area contributed by atoms with Crippen molar-refractivity contribution in [2.24, 2.45) is 5.92 Å². The van der Waals surface area contributed by atoms with Crippen LogP contribution in [-0.2, 0) is 18.3 Å². The van der Waals surface area contributed by atoms with Crippen LogP contribution in [0.2, 0.25) is 0 Å². The molecule has 31 heavy (non-hydrogen) atoms. The highest BCUT2D eigenvalue weighted by Crippen LogP contribution is 2.57. The lowest BCUT2D eigenvalue weighted by Gasteiger charge is -2.50. The summed E-state index contributed by atoms with van der Waals surface area (Å²) in [6.07, 6.45) is 8.22. The Bertz CT molecular complexity index is 1250. The maximum absolute atomic E-state index is 5.70. The van der Waals surface area contributed by atoms with Gasteiger partial charge in [-0.25, -0.2) is 9.97 Å². The average molecular weight is 409 g/mol. The Labute approximate surface area is 180 Å². The van der Waals surface area contributed by atoms with Gasteiger partial charge in [0, 0.05) is 28.0 Å². The fourth-order valence-corrected chi connectivity index (χ4v) is 5.93. The van der Waals surface area contributed by atoms with E-state index in [1.54, 1.807) is 12.4 Å². The Balaban J connectivity index is 1.67. The van der Waals surface area contributed by atoms with Gasteiger partial charge >= 0.3 is 0 Å². The number of benzene rings is 1. The molecule has 0 unspecified atom stereocenters. The van der Waals surface area contributed by atoms with Crippen molar-refractivity contribution < 1.29 is 4.52 Å².